The Morgan fingerprint density at radius 1 is 1.21 bits per heavy atom. The number of amides is 1. The van der Waals surface area contributed by atoms with Gasteiger partial charge in [0.15, 0.2) is 5.82 Å². The zero-order chi connectivity index (χ0) is 16.8. The number of pyridine rings is 1. The highest BCUT2D eigenvalue weighted by atomic mass is 35.5. The van der Waals surface area contributed by atoms with E-state index in [1.54, 1.807) is 28.8 Å². The maximum absolute atomic E-state index is 12.0. The van der Waals surface area contributed by atoms with E-state index < -0.39 is 0 Å². The Morgan fingerprint density at radius 2 is 2.04 bits per heavy atom. The molecule has 0 saturated carbocycles. The van der Waals surface area contributed by atoms with Crippen molar-refractivity contribution in [1.82, 2.24) is 14.8 Å². The average Bonchev–Trinajstić information content (AvgIpc) is 3.12. The number of carbonyl (C=O) groups is 1. The van der Waals surface area contributed by atoms with Gasteiger partial charge < -0.3 is 5.32 Å². The van der Waals surface area contributed by atoms with Crippen LogP contribution in [0.2, 0.25) is 5.02 Å². The number of halogens is 1. The molecule has 0 saturated heterocycles. The van der Waals surface area contributed by atoms with E-state index in [2.05, 4.69) is 15.4 Å². The Hall–Kier alpha value is -2.31. The van der Waals surface area contributed by atoms with Gasteiger partial charge in [-0.25, -0.2) is 9.67 Å². The van der Waals surface area contributed by atoms with Crippen molar-refractivity contribution in [1.29, 1.82) is 0 Å². The first kappa shape index (κ1) is 16.5. The number of rotatable bonds is 6. The highest BCUT2D eigenvalue weighted by molar-refractivity contribution is 7.99. The van der Waals surface area contributed by atoms with Gasteiger partial charge in [-0.1, -0.05) is 11.6 Å². The topological polar surface area (TPSA) is 59.8 Å². The normalized spacial score (nSPS) is 10.5. The fourth-order valence-corrected chi connectivity index (χ4v) is 2.99. The van der Waals surface area contributed by atoms with E-state index in [-0.39, 0.29) is 5.91 Å². The van der Waals surface area contributed by atoms with Gasteiger partial charge in [-0.3, -0.25) is 4.79 Å². The number of nitrogens with zero attached hydrogens (tertiary/aromatic N) is 3. The molecule has 0 fully saturated rings. The zero-order valence-electron chi connectivity index (χ0n) is 12.7. The second-order valence-corrected chi connectivity index (χ2v) is 6.56. The van der Waals surface area contributed by atoms with Gasteiger partial charge in [-0.05, 0) is 42.5 Å². The monoisotopic (exact) mass is 358 g/mol. The number of aromatic nitrogens is 3. The molecule has 0 aliphatic heterocycles. The summed E-state index contributed by atoms with van der Waals surface area (Å²) < 4.78 is 1.66. The van der Waals surface area contributed by atoms with Crippen LogP contribution in [0.1, 0.15) is 6.42 Å². The van der Waals surface area contributed by atoms with Crippen molar-refractivity contribution in [3.63, 3.8) is 0 Å². The van der Waals surface area contributed by atoms with Gasteiger partial charge in [0.1, 0.15) is 0 Å². The van der Waals surface area contributed by atoms with Crippen LogP contribution in [0.15, 0.2) is 66.0 Å². The third-order valence-corrected chi connectivity index (χ3v) is 4.45. The number of thioether (sulfide) groups is 1. The van der Waals surface area contributed by atoms with Crippen LogP contribution in [0.5, 0.6) is 0 Å². The first-order chi connectivity index (χ1) is 11.7. The smallest absolute Gasteiger partial charge is 0.225 e. The summed E-state index contributed by atoms with van der Waals surface area (Å²) >= 11 is 7.47. The third-order valence-electron chi connectivity index (χ3n) is 3.18. The molecule has 2 heterocycles. The van der Waals surface area contributed by atoms with Gasteiger partial charge in [0.2, 0.25) is 5.91 Å². The van der Waals surface area contributed by atoms with Crippen LogP contribution in [-0.4, -0.2) is 26.4 Å². The summed E-state index contributed by atoms with van der Waals surface area (Å²) in [4.78, 5) is 17.4. The molecule has 122 valence electrons. The summed E-state index contributed by atoms with van der Waals surface area (Å²) in [5.74, 6) is 1.37. The molecule has 0 radical (unpaired) electrons. The lowest BCUT2D eigenvalue weighted by Gasteiger charge is -2.06. The predicted molar refractivity (Wildman–Crippen MR) is 96.8 cm³/mol. The largest absolute Gasteiger partial charge is 0.325 e. The van der Waals surface area contributed by atoms with E-state index in [1.165, 1.54) is 0 Å². The van der Waals surface area contributed by atoms with Crippen molar-refractivity contribution in [3.05, 3.63) is 66.1 Å². The third kappa shape index (κ3) is 4.59. The number of benzene rings is 1. The van der Waals surface area contributed by atoms with E-state index in [0.717, 1.165) is 4.90 Å². The van der Waals surface area contributed by atoms with E-state index in [4.69, 9.17) is 11.6 Å². The number of carbonyl (C=O) groups excluding carboxylic acids is 1. The van der Waals surface area contributed by atoms with Crippen LogP contribution in [0.3, 0.4) is 0 Å². The van der Waals surface area contributed by atoms with E-state index in [0.29, 0.717) is 28.7 Å². The van der Waals surface area contributed by atoms with Crippen molar-refractivity contribution in [2.24, 2.45) is 0 Å². The first-order valence-corrected chi connectivity index (χ1v) is 8.71. The lowest BCUT2D eigenvalue weighted by atomic mass is 10.3. The summed E-state index contributed by atoms with van der Waals surface area (Å²) in [6.45, 7) is 0. The maximum atomic E-state index is 12.0. The highest BCUT2D eigenvalue weighted by Crippen LogP contribution is 2.21. The summed E-state index contributed by atoms with van der Waals surface area (Å²) in [7, 11) is 0. The van der Waals surface area contributed by atoms with Crippen LogP contribution < -0.4 is 5.32 Å². The van der Waals surface area contributed by atoms with Crippen LogP contribution in [0.4, 0.5) is 5.69 Å². The molecule has 7 heteroatoms. The van der Waals surface area contributed by atoms with Crippen LogP contribution >= 0.6 is 23.4 Å². The second-order valence-electron chi connectivity index (χ2n) is 4.96. The van der Waals surface area contributed by atoms with Crippen LogP contribution in [0, 0.1) is 0 Å². The van der Waals surface area contributed by atoms with Crippen LogP contribution in [-0.2, 0) is 4.79 Å². The van der Waals surface area contributed by atoms with Gasteiger partial charge in [-0.15, -0.1) is 11.8 Å². The molecule has 5 nitrogen and oxygen atoms in total. The number of anilines is 1. The quantitative estimate of drug-likeness (QED) is 0.675. The van der Waals surface area contributed by atoms with E-state index in [9.17, 15) is 4.79 Å². The lowest BCUT2D eigenvalue weighted by Crippen LogP contribution is -2.12. The minimum atomic E-state index is -0.0369. The molecule has 3 aromatic rings. The summed E-state index contributed by atoms with van der Waals surface area (Å²) in [5.41, 5.74) is 0.674. The molecule has 0 aliphatic carbocycles. The van der Waals surface area contributed by atoms with Gasteiger partial charge in [-0.2, -0.15) is 5.10 Å². The molecule has 0 unspecified atom stereocenters. The van der Waals surface area contributed by atoms with Crippen LogP contribution in [0.25, 0.3) is 5.82 Å². The molecule has 0 aliphatic rings. The molecule has 1 aromatic carbocycles. The lowest BCUT2D eigenvalue weighted by molar-refractivity contribution is -0.115. The first-order valence-electron chi connectivity index (χ1n) is 7.35. The fraction of sp³-hybridized carbons (Fsp3) is 0.118. The minimum absolute atomic E-state index is 0.0369. The standard InChI is InChI=1S/C17H15ClN4OS/c18-13-2-5-15(6-3-13)24-11-8-17(23)21-14-4-7-16(19-12-14)22-10-1-9-20-22/h1-7,9-10,12H,8,11H2,(H,21,23). The number of hydrogen-bond acceptors (Lipinski definition) is 4. The molecule has 3 rings (SSSR count). The average molecular weight is 359 g/mol. The van der Waals surface area contributed by atoms with Crippen molar-refractivity contribution in [2.45, 2.75) is 11.3 Å². The summed E-state index contributed by atoms with van der Waals surface area (Å²) in [6, 6.07) is 13.0. The molecular weight excluding hydrogens is 344 g/mol. The Labute approximate surface area is 149 Å². The number of hydrogen-bond donors (Lipinski definition) is 1. The van der Waals surface area contributed by atoms with E-state index >= 15 is 0 Å². The highest BCUT2D eigenvalue weighted by Gasteiger charge is 2.04. The van der Waals surface area contributed by atoms with Crippen molar-refractivity contribution >= 4 is 35.0 Å². The summed E-state index contributed by atoms with van der Waals surface area (Å²) in [6.07, 6.45) is 5.56. The van der Waals surface area contributed by atoms with Crippen molar-refractivity contribution in [2.75, 3.05) is 11.1 Å². The Kier molecular flexibility index (Phi) is 5.51. The molecule has 1 N–H and O–H groups in total. The minimum Gasteiger partial charge on any atom is -0.325 e. The molecule has 0 bridgehead atoms. The van der Waals surface area contributed by atoms with Gasteiger partial charge in [0.25, 0.3) is 0 Å². The molecule has 2 aromatic heterocycles. The maximum Gasteiger partial charge on any atom is 0.225 e. The number of nitrogens with one attached hydrogen (secondary N) is 1. The Bertz CT molecular complexity index is 788. The SMILES string of the molecule is O=C(CCSc1ccc(Cl)cc1)Nc1ccc(-n2cccn2)nc1. The van der Waals surface area contributed by atoms with Crippen molar-refractivity contribution < 1.29 is 4.79 Å². The molecular formula is C17H15ClN4OS. The van der Waals surface area contributed by atoms with Gasteiger partial charge in [0, 0.05) is 34.5 Å². The van der Waals surface area contributed by atoms with Gasteiger partial charge in [0.05, 0.1) is 11.9 Å². The Morgan fingerprint density at radius 3 is 2.71 bits per heavy atom. The molecule has 24 heavy (non-hydrogen) atoms. The molecule has 1 amide bonds. The second kappa shape index (κ2) is 7.99. The van der Waals surface area contributed by atoms with Crippen molar-refractivity contribution in [3.8, 4) is 5.82 Å². The summed E-state index contributed by atoms with van der Waals surface area (Å²) in [5, 5.41) is 7.66. The van der Waals surface area contributed by atoms with E-state index in [1.807, 2.05) is 48.7 Å². The molecule has 0 spiro atoms. The van der Waals surface area contributed by atoms with Gasteiger partial charge >= 0.3 is 0 Å². The fourth-order valence-electron chi connectivity index (χ4n) is 2.02. The predicted octanol–water partition coefficient (Wildman–Crippen LogP) is 4.04. The Balaban J connectivity index is 1.47. The molecule has 0 atom stereocenters. The zero-order valence-corrected chi connectivity index (χ0v) is 14.3.